The molecule has 0 heterocycles. The average Bonchev–Trinajstić information content (AvgIpc) is 3.52. The normalized spacial score (nSPS) is 20.0. The molecule has 2 fully saturated rings. The summed E-state index contributed by atoms with van der Waals surface area (Å²) in [5.41, 5.74) is 3.84. The topological polar surface area (TPSA) is 153 Å². The molecule has 3 aliphatic carbocycles. The van der Waals surface area contributed by atoms with E-state index in [9.17, 15) is 22.0 Å². The summed E-state index contributed by atoms with van der Waals surface area (Å²) in [7, 11) is -8.05. The lowest BCUT2D eigenvalue weighted by Gasteiger charge is -2.22. The van der Waals surface area contributed by atoms with Gasteiger partial charge in [-0.25, -0.2) is 27.1 Å². The first-order chi connectivity index (χ1) is 16.6. The standard InChI is InChI=1S/C25H31N3O5S2/c26-34(30,31)18-9-10-19-20-13-17(11-15-5-1-2-6-15)25(35(27,32)33)22(12-16-7-3-4-8-16)23(20)24(28-29)21(19)14-18/h9-10,13-16,29H,1-8,11-12H2,(H2,26,30,31)(H2,27,32,33). The van der Waals surface area contributed by atoms with E-state index in [4.69, 9.17) is 10.3 Å². The number of hydrogen-bond donors (Lipinski definition) is 3. The first kappa shape index (κ1) is 24.4. The SMILES string of the molecule is NS(=O)(=O)c1ccc2c(c1)C(=NO)c1c-2cc(CC2CCCC2)c(S(N)(=O)=O)c1CC1CCCC1. The number of sulfonamides is 2. The Kier molecular flexibility index (Phi) is 6.27. The summed E-state index contributed by atoms with van der Waals surface area (Å²) in [6, 6.07) is 6.34. The van der Waals surface area contributed by atoms with E-state index < -0.39 is 20.0 Å². The van der Waals surface area contributed by atoms with Gasteiger partial charge >= 0.3 is 0 Å². The molecule has 0 spiro atoms. The van der Waals surface area contributed by atoms with Gasteiger partial charge in [0, 0.05) is 11.1 Å². The number of nitrogens with zero attached hydrogens (tertiary/aromatic N) is 1. The van der Waals surface area contributed by atoms with Crippen LogP contribution < -0.4 is 10.3 Å². The third-order valence-corrected chi connectivity index (χ3v) is 9.88. The van der Waals surface area contributed by atoms with Gasteiger partial charge in [0.05, 0.1) is 9.79 Å². The summed E-state index contributed by atoms with van der Waals surface area (Å²) >= 11 is 0. The van der Waals surface area contributed by atoms with E-state index in [0.717, 1.165) is 56.9 Å². The first-order valence-corrected chi connectivity index (χ1v) is 15.3. The monoisotopic (exact) mass is 517 g/mol. The second-order valence-electron chi connectivity index (χ2n) is 10.2. The summed E-state index contributed by atoms with van der Waals surface area (Å²) in [5, 5.41) is 24.8. The van der Waals surface area contributed by atoms with Gasteiger partial charge in [-0.3, -0.25) is 0 Å². The molecule has 0 bridgehead atoms. The molecule has 5 rings (SSSR count). The van der Waals surface area contributed by atoms with Gasteiger partial charge in [-0.05, 0) is 65.1 Å². The zero-order valence-corrected chi connectivity index (χ0v) is 21.2. The predicted octanol–water partition coefficient (Wildman–Crippen LogP) is 3.65. The van der Waals surface area contributed by atoms with Crippen LogP contribution in [0.3, 0.4) is 0 Å². The molecule has 0 unspecified atom stereocenters. The van der Waals surface area contributed by atoms with E-state index in [0.29, 0.717) is 52.5 Å². The molecule has 0 atom stereocenters. The fourth-order valence-electron chi connectivity index (χ4n) is 6.36. The average molecular weight is 518 g/mol. The Morgan fingerprint density at radius 2 is 1.40 bits per heavy atom. The number of fused-ring (bicyclic) bond motifs is 3. The molecule has 5 N–H and O–H groups in total. The lowest BCUT2D eigenvalue weighted by Crippen LogP contribution is -2.21. The highest BCUT2D eigenvalue weighted by Gasteiger charge is 2.36. The molecule has 0 radical (unpaired) electrons. The maximum atomic E-state index is 13.1. The molecule has 0 aromatic heterocycles. The van der Waals surface area contributed by atoms with Crippen LogP contribution in [0, 0.1) is 11.8 Å². The smallest absolute Gasteiger partial charge is 0.238 e. The largest absolute Gasteiger partial charge is 0.410 e. The second kappa shape index (κ2) is 8.99. The highest BCUT2D eigenvalue weighted by atomic mass is 32.2. The molecule has 0 aliphatic heterocycles. The molecule has 10 heteroatoms. The van der Waals surface area contributed by atoms with Gasteiger partial charge in [0.25, 0.3) is 0 Å². The maximum Gasteiger partial charge on any atom is 0.238 e. The van der Waals surface area contributed by atoms with Crippen molar-refractivity contribution < 1.29 is 22.0 Å². The summed E-state index contributed by atoms with van der Waals surface area (Å²) in [4.78, 5) is 0.0519. The fourth-order valence-corrected chi connectivity index (χ4v) is 7.94. The number of primary sulfonamides is 2. The zero-order chi connectivity index (χ0) is 25.0. The highest BCUT2D eigenvalue weighted by molar-refractivity contribution is 7.89. The van der Waals surface area contributed by atoms with Crippen molar-refractivity contribution in [2.75, 3.05) is 0 Å². The molecular weight excluding hydrogens is 486 g/mol. The maximum absolute atomic E-state index is 13.1. The van der Waals surface area contributed by atoms with Gasteiger partial charge in [-0.2, -0.15) is 0 Å². The molecule has 3 aliphatic rings. The Morgan fingerprint density at radius 3 is 1.94 bits per heavy atom. The van der Waals surface area contributed by atoms with E-state index in [1.807, 2.05) is 6.07 Å². The van der Waals surface area contributed by atoms with Crippen LogP contribution in [0.1, 0.15) is 73.6 Å². The molecule has 8 nitrogen and oxygen atoms in total. The van der Waals surface area contributed by atoms with Crippen LogP contribution in [0.5, 0.6) is 0 Å². The van der Waals surface area contributed by atoms with Crippen LogP contribution in [0.25, 0.3) is 11.1 Å². The van der Waals surface area contributed by atoms with Crippen molar-refractivity contribution in [2.24, 2.45) is 27.3 Å². The van der Waals surface area contributed by atoms with E-state index in [-0.39, 0.29) is 15.5 Å². The highest BCUT2D eigenvalue weighted by Crippen LogP contribution is 2.45. The molecule has 2 aromatic rings. The van der Waals surface area contributed by atoms with Gasteiger partial charge in [-0.1, -0.05) is 62.6 Å². The predicted molar refractivity (Wildman–Crippen MR) is 133 cm³/mol. The van der Waals surface area contributed by atoms with Crippen molar-refractivity contribution in [3.63, 3.8) is 0 Å². The summed E-state index contributed by atoms with van der Waals surface area (Å²) in [6.07, 6.45) is 9.70. The Bertz CT molecular complexity index is 1420. The molecule has 0 amide bonds. The quantitative estimate of drug-likeness (QED) is 0.336. The van der Waals surface area contributed by atoms with Gasteiger partial charge in [-0.15, -0.1) is 0 Å². The van der Waals surface area contributed by atoms with E-state index in [1.54, 1.807) is 6.07 Å². The number of rotatable bonds is 6. The minimum atomic E-state index is -4.07. The number of benzene rings is 2. The van der Waals surface area contributed by atoms with Crippen LogP contribution in [-0.2, 0) is 32.9 Å². The van der Waals surface area contributed by atoms with Crippen molar-refractivity contribution in [1.29, 1.82) is 0 Å². The summed E-state index contributed by atoms with van der Waals surface area (Å²) < 4.78 is 50.1. The van der Waals surface area contributed by atoms with Gasteiger partial charge in [0.2, 0.25) is 20.0 Å². The fraction of sp³-hybridized carbons (Fsp3) is 0.480. The van der Waals surface area contributed by atoms with Crippen LogP contribution in [0.15, 0.2) is 39.2 Å². The molecule has 188 valence electrons. The number of oxime groups is 1. The Hall–Kier alpha value is -2.27. The Balaban J connectivity index is 1.78. The van der Waals surface area contributed by atoms with E-state index in [2.05, 4.69) is 5.16 Å². The van der Waals surface area contributed by atoms with Crippen molar-refractivity contribution >= 4 is 25.8 Å². The first-order valence-electron chi connectivity index (χ1n) is 12.2. The minimum absolute atomic E-state index is 0.0969. The lowest BCUT2D eigenvalue weighted by atomic mass is 9.87. The van der Waals surface area contributed by atoms with Crippen LogP contribution in [-0.4, -0.2) is 27.8 Å². The van der Waals surface area contributed by atoms with Crippen LogP contribution in [0.4, 0.5) is 0 Å². The van der Waals surface area contributed by atoms with E-state index >= 15 is 0 Å². The molecule has 0 saturated heterocycles. The lowest BCUT2D eigenvalue weighted by molar-refractivity contribution is 0.319. The Labute approximate surface area is 206 Å². The summed E-state index contributed by atoms with van der Waals surface area (Å²) in [6.45, 7) is 0. The van der Waals surface area contributed by atoms with Crippen molar-refractivity contribution in [3.8, 4) is 11.1 Å². The Morgan fingerprint density at radius 1 is 0.800 bits per heavy atom. The van der Waals surface area contributed by atoms with Crippen LogP contribution in [0.2, 0.25) is 0 Å². The molecular formula is C25H31N3O5S2. The van der Waals surface area contributed by atoms with Crippen molar-refractivity contribution in [2.45, 2.75) is 74.0 Å². The second-order valence-corrected chi connectivity index (χ2v) is 13.3. The molecule has 35 heavy (non-hydrogen) atoms. The van der Waals surface area contributed by atoms with Crippen LogP contribution >= 0.6 is 0 Å². The van der Waals surface area contributed by atoms with Gasteiger partial charge in [0.1, 0.15) is 5.71 Å². The van der Waals surface area contributed by atoms with Gasteiger partial charge in [0.15, 0.2) is 0 Å². The number of nitrogens with two attached hydrogens (primary N) is 2. The minimum Gasteiger partial charge on any atom is -0.410 e. The van der Waals surface area contributed by atoms with Gasteiger partial charge < -0.3 is 5.21 Å². The van der Waals surface area contributed by atoms with Crippen molar-refractivity contribution in [1.82, 2.24) is 0 Å². The summed E-state index contributed by atoms with van der Waals surface area (Å²) in [5.74, 6) is 0.703. The van der Waals surface area contributed by atoms with E-state index in [1.165, 1.54) is 12.1 Å². The zero-order valence-electron chi connectivity index (χ0n) is 19.5. The molecule has 2 saturated carbocycles. The third kappa shape index (κ3) is 4.52. The number of hydrogen-bond acceptors (Lipinski definition) is 6. The molecule has 2 aromatic carbocycles. The third-order valence-electron chi connectivity index (χ3n) is 7.89. The van der Waals surface area contributed by atoms with Crippen molar-refractivity contribution in [3.05, 3.63) is 46.5 Å².